The maximum Gasteiger partial charge on any atom is 0.216 e. The van der Waals surface area contributed by atoms with Gasteiger partial charge in [-0.1, -0.05) is 32.9 Å². The number of anilines is 1. The lowest BCUT2D eigenvalue weighted by Crippen LogP contribution is -2.22. The summed E-state index contributed by atoms with van der Waals surface area (Å²) in [5.41, 5.74) is 10.3. The number of benzene rings is 1. The van der Waals surface area contributed by atoms with Crippen molar-refractivity contribution in [3.63, 3.8) is 0 Å². The van der Waals surface area contributed by atoms with Gasteiger partial charge in [0.1, 0.15) is 0 Å². The van der Waals surface area contributed by atoms with E-state index in [0.717, 1.165) is 35.7 Å². The van der Waals surface area contributed by atoms with Crippen LogP contribution >= 0.6 is 24.0 Å². The number of guanidine groups is 1. The molecule has 0 aliphatic carbocycles. The molecule has 2 rings (SSSR count). The summed E-state index contributed by atoms with van der Waals surface area (Å²) in [7, 11) is 3.51. The molecular weight excluding hydrogens is 441 g/mol. The Morgan fingerprint density at radius 2 is 1.96 bits per heavy atom. The molecule has 0 fully saturated rings. The predicted molar refractivity (Wildman–Crippen MR) is 119 cm³/mol. The quantitative estimate of drug-likeness (QED) is 0.363. The molecule has 1 unspecified atom stereocenters. The molecule has 1 atom stereocenters. The molecule has 0 saturated heterocycles. The Bertz CT molecular complexity index is 724. The van der Waals surface area contributed by atoms with Crippen molar-refractivity contribution in [2.24, 2.45) is 17.8 Å². The summed E-state index contributed by atoms with van der Waals surface area (Å²) in [6, 6.07) is 8.32. The molecule has 1 aromatic heterocycles. The van der Waals surface area contributed by atoms with Crippen LogP contribution in [0.25, 0.3) is 0 Å². The maximum atomic E-state index is 6.04. The van der Waals surface area contributed by atoms with Crippen LogP contribution in [0.2, 0.25) is 0 Å². The van der Waals surface area contributed by atoms with Crippen LogP contribution in [0.4, 0.5) is 5.69 Å². The van der Waals surface area contributed by atoms with Crippen LogP contribution in [-0.2, 0) is 20.0 Å². The second-order valence-corrected chi connectivity index (χ2v) is 6.17. The van der Waals surface area contributed by atoms with Crippen molar-refractivity contribution in [1.82, 2.24) is 9.78 Å². The number of halogens is 1. The minimum Gasteiger partial charge on any atom is -0.481 e. The zero-order valence-corrected chi connectivity index (χ0v) is 18.6. The van der Waals surface area contributed by atoms with Crippen molar-refractivity contribution in [3.8, 4) is 5.88 Å². The highest BCUT2D eigenvalue weighted by Gasteiger charge is 2.15. The Morgan fingerprint density at radius 3 is 2.50 bits per heavy atom. The van der Waals surface area contributed by atoms with E-state index in [1.54, 1.807) is 11.8 Å². The summed E-state index contributed by atoms with van der Waals surface area (Å²) >= 11 is 0. The van der Waals surface area contributed by atoms with E-state index in [2.05, 4.69) is 48.3 Å². The third-order valence-electron chi connectivity index (χ3n) is 4.47. The van der Waals surface area contributed by atoms with E-state index in [1.165, 1.54) is 5.56 Å². The summed E-state index contributed by atoms with van der Waals surface area (Å²) in [6.07, 6.45) is 1.95. The second-order valence-electron chi connectivity index (χ2n) is 6.17. The average Bonchev–Trinajstić information content (AvgIpc) is 2.94. The van der Waals surface area contributed by atoms with Gasteiger partial charge in [0.15, 0.2) is 5.96 Å². The van der Waals surface area contributed by atoms with E-state index in [0.29, 0.717) is 18.4 Å². The standard InChI is InChI=1S/C19H29N5O.HI/c1-6-13(3)14-8-10-15(11-9-14)22-19(20)21-12-16-17(7-2)23-24(4)18(16)25-5;/h8-11,13H,6-7,12H2,1-5H3,(H3,20,21,22);1H. The number of rotatable bonds is 7. The van der Waals surface area contributed by atoms with Crippen molar-refractivity contribution in [3.05, 3.63) is 41.1 Å². The predicted octanol–water partition coefficient (Wildman–Crippen LogP) is 4.05. The molecule has 6 nitrogen and oxygen atoms in total. The molecule has 7 heteroatoms. The van der Waals surface area contributed by atoms with Crippen molar-refractivity contribution < 1.29 is 4.74 Å². The van der Waals surface area contributed by atoms with Gasteiger partial charge in [0.2, 0.25) is 5.88 Å². The fourth-order valence-electron chi connectivity index (χ4n) is 2.79. The molecule has 3 N–H and O–H groups in total. The molecule has 144 valence electrons. The normalized spacial score (nSPS) is 12.4. The Kier molecular flexibility index (Phi) is 8.91. The molecule has 2 aromatic rings. The summed E-state index contributed by atoms with van der Waals surface area (Å²) in [6.45, 7) is 6.92. The van der Waals surface area contributed by atoms with Crippen LogP contribution in [-0.4, -0.2) is 22.8 Å². The number of methoxy groups -OCH3 is 1. The molecule has 1 heterocycles. The number of hydrogen-bond acceptors (Lipinski definition) is 3. The SMILES string of the molecule is CCc1nn(C)c(OC)c1CN=C(N)Nc1ccc(C(C)CC)cc1.I. The minimum atomic E-state index is 0. The molecule has 1 aromatic carbocycles. The highest BCUT2D eigenvalue weighted by atomic mass is 127. The maximum absolute atomic E-state index is 6.04. The fraction of sp³-hybridized carbons (Fsp3) is 0.474. The molecule has 0 spiro atoms. The van der Waals surface area contributed by atoms with Gasteiger partial charge in [0, 0.05) is 12.7 Å². The van der Waals surface area contributed by atoms with E-state index in [-0.39, 0.29) is 24.0 Å². The van der Waals surface area contributed by atoms with Gasteiger partial charge in [-0.2, -0.15) is 5.10 Å². The number of hydrogen-bond donors (Lipinski definition) is 2. The molecule has 0 aliphatic heterocycles. The first-order chi connectivity index (χ1) is 12.0. The topological polar surface area (TPSA) is 77.5 Å². The van der Waals surface area contributed by atoms with Crippen molar-refractivity contribution in [2.45, 2.75) is 46.1 Å². The Hall–Kier alpha value is -1.77. The highest BCUT2D eigenvalue weighted by molar-refractivity contribution is 14.0. The van der Waals surface area contributed by atoms with Gasteiger partial charge in [-0.3, -0.25) is 0 Å². The van der Waals surface area contributed by atoms with Crippen molar-refractivity contribution in [1.29, 1.82) is 0 Å². The van der Waals surface area contributed by atoms with Crippen LogP contribution in [0, 0.1) is 0 Å². The summed E-state index contributed by atoms with van der Waals surface area (Å²) in [5, 5.41) is 7.60. The Labute approximate surface area is 173 Å². The summed E-state index contributed by atoms with van der Waals surface area (Å²) in [4.78, 5) is 4.44. The number of nitrogens with two attached hydrogens (primary N) is 1. The zero-order chi connectivity index (χ0) is 18.4. The third kappa shape index (κ3) is 5.36. The molecule has 0 bridgehead atoms. The lowest BCUT2D eigenvalue weighted by molar-refractivity contribution is 0.369. The molecule has 0 radical (unpaired) electrons. The number of aryl methyl sites for hydroxylation is 2. The van der Waals surface area contributed by atoms with Crippen LogP contribution in [0.15, 0.2) is 29.3 Å². The lowest BCUT2D eigenvalue weighted by atomic mass is 9.99. The van der Waals surface area contributed by atoms with Crippen molar-refractivity contribution >= 4 is 35.6 Å². The summed E-state index contributed by atoms with van der Waals surface area (Å²) < 4.78 is 7.16. The largest absolute Gasteiger partial charge is 0.481 e. The van der Waals surface area contributed by atoms with Gasteiger partial charge < -0.3 is 15.8 Å². The first-order valence-electron chi connectivity index (χ1n) is 8.75. The van der Waals surface area contributed by atoms with Gasteiger partial charge in [-0.15, -0.1) is 24.0 Å². The average molecular weight is 471 g/mol. The number of aromatic nitrogens is 2. The highest BCUT2D eigenvalue weighted by Crippen LogP contribution is 2.23. The van der Waals surface area contributed by atoms with Gasteiger partial charge in [-0.05, 0) is 36.5 Å². The monoisotopic (exact) mass is 471 g/mol. The van der Waals surface area contributed by atoms with E-state index in [9.17, 15) is 0 Å². The number of ether oxygens (including phenoxy) is 1. The molecular formula is C19H30IN5O. The number of nitrogens with one attached hydrogen (secondary N) is 1. The Balaban J connectivity index is 0.00000338. The van der Waals surface area contributed by atoms with Crippen LogP contribution in [0.3, 0.4) is 0 Å². The third-order valence-corrected chi connectivity index (χ3v) is 4.47. The minimum absolute atomic E-state index is 0. The number of nitrogens with zero attached hydrogens (tertiary/aromatic N) is 3. The van der Waals surface area contributed by atoms with E-state index in [1.807, 2.05) is 19.2 Å². The van der Waals surface area contributed by atoms with Gasteiger partial charge in [0.05, 0.1) is 24.9 Å². The smallest absolute Gasteiger partial charge is 0.216 e. The molecule has 0 aliphatic rings. The molecule has 0 amide bonds. The molecule has 26 heavy (non-hydrogen) atoms. The van der Waals surface area contributed by atoms with Crippen LogP contribution in [0.1, 0.15) is 49.9 Å². The first kappa shape index (κ1) is 22.3. The van der Waals surface area contributed by atoms with E-state index in [4.69, 9.17) is 10.5 Å². The lowest BCUT2D eigenvalue weighted by Gasteiger charge is -2.11. The van der Waals surface area contributed by atoms with Gasteiger partial charge in [0.25, 0.3) is 0 Å². The van der Waals surface area contributed by atoms with Crippen molar-refractivity contribution in [2.75, 3.05) is 12.4 Å². The van der Waals surface area contributed by atoms with E-state index >= 15 is 0 Å². The second kappa shape index (κ2) is 10.4. The van der Waals surface area contributed by atoms with Crippen LogP contribution < -0.4 is 15.8 Å². The Morgan fingerprint density at radius 1 is 1.31 bits per heavy atom. The van der Waals surface area contributed by atoms with Crippen LogP contribution in [0.5, 0.6) is 5.88 Å². The van der Waals surface area contributed by atoms with Gasteiger partial charge >= 0.3 is 0 Å². The van der Waals surface area contributed by atoms with E-state index < -0.39 is 0 Å². The van der Waals surface area contributed by atoms with Gasteiger partial charge in [-0.25, -0.2) is 9.67 Å². The fourth-order valence-corrected chi connectivity index (χ4v) is 2.79. The molecule has 0 saturated carbocycles. The first-order valence-corrected chi connectivity index (χ1v) is 8.75. The zero-order valence-electron chi connectivity index (χ0n) is 16.2. The summed E-state index contributed by atoms with van der Waals surface area (Å²) in [5.74, 6) is 1.67. The number of aliphatic imine (C=N–C) groups is 1.